The van der Waals surface area contributed by atoms with Gasteiger partial charge in [-0.15, -0.1) is 0 Å². The maximum atomic E-state index is 14.3. The van der Waals surface area contributed by atoms with Gasteiger partial charge in [0.25, 0.3) is 6.71 Å². The zero-order valence-corrected chi connectivity index (χ0v) is 42.6. The lowest BCUT2D eigenvalue weighted by Gasteiger charge is -2.52. The third-order valence-electron chi connectivity index (χ3n) is 16.0. The number of alkyl halides is 6. The molecule has 0 aromatic heterocycles. The Morgan fingerprint density at radius 2 is 0.577 bits per heavy atom. The Labute approximate surface area is 448 Å². The van der Waals surface area contributed by atoms with Gasteiger partial charge in [-0.3, -0.25) is 0 Å². The van der Waals surface area contributed by atoms with Gasteiger partial charge in [0.1, 0.15) is 0 Å². The third kappa shape index (κ3) is 7.19. The van der Waals surface area contributed by atoms with Crippen LogP contribution in [0.5, 0.6) is 0 Å². The molecular weight excluding hydrogens is 998 g/mol. The van der Waals surface area contributed by atoms with Crippen LogP contribution in [0.25, 0.3) is 44.5 Å². The van der Waals surface area contributed by atoms with Crippen LogP contribution in [0.2, 0.25) is 0 Å². The minimum atomic E-state index is -4.53. The summed E-state index contributed by atoms with van der Waals surface area (Å²) in [5.74, 6) is 0. The summed E-state index contributed by atoms with van der Waals surface area (Å²) >= 11 is 0. The number of para-hydroxylation sites is 2. The number of halogens is 6. The predicted molar refractivity (Wildman–Crippen MR) is 309 cm³/mol. The van der Waals surface area contributed by atoms with Crippen molar-refractivity contribution in [3.05, 3.63) is 272 Å². The summed E-state index contributed by atoms with van der Waals surface area (Å²) in [7, 11) is -3.34. The Bertz CT molecular complexity index is 3850. The quantitative estimate of drug-likeness (QED) is 0.111. The number of hydrogen-bond acceptors (Lipinski definition) is 2. The fraction of sp³-hybridized carbons (Fsp3) is 0.0294. The van der Waals surface area contributed by atoms with Crippen molar-refractivity contribution in [2.75, 3.05) is 9.80 Å². The molecule has 0 radical (unpaired) electrons. The van der Waals surface area contributed by atoms with Gasteiger partial charge in [0, 0.05) is 45.0 Å². The molecule has 0 fully saturated rings. The maximum absolute atomic E-state index is 14.3. The normalized spacial score (nSPS) is 13.8. The molecule has 3 aliphatic heterocycles. The molecule has 14 rings (SSSR count). The molecule has 0 aliphatic carbocycles. The highest BCUT2D eigenvalue weighted by Crippen LogP contribution is 2.53. The Kier molecular flexibility index (Phi) is 10.9. The van der Waals surface area contributed by atoms with Gasteiger partial charge in [-0.1, -0.05) is 212 Å². The molecule has 11 aromatic carbocycles. The highest BCUT2D eigenvalue weighted by molar-refractivity contribution is 7.27. The number of rotatable bonds is 8. The molecule has 0 atom stereocenters. The number of nitrogens with zero attached hydrogens (tertiary/aromatic N) is 2. The van der Waals surface area contributed by atoms with E-state index < -0.39 is 31.6 Å². The van der Waals surface area contributed by atoms with Crippen LogP contribution in [0.15, 0.2) is 261 Å². The van der Waals surface area contributed by atoms with Crippen molar-refractivity contribution >= 4 is 86.0 Å². The molecular formula is C68H43BF6N2Si. The van der Waals surface area contributed by atoms with Crippen molar-refractivity contribution in [2.24, 2.45) is 0 Å². The summed E-state index contributed by atoms with van der Waals surface area (Å²) in [6.07, 6.45) is -9.05. The van der Waals surface area contributed by atoms with E-state index in [1.165, 1.54) is 20.7 Å². The SMILES string of the molecule is FC(F)(F)c1ccc(-c2cccc(-c3ccccc3)c2N2c3cccc4c3B3c5c2cccc5[Si](c2ccccc2)(c2ccccc2)c2cccc(c23)N4c2c(-c3ccccc3)cccc2-c2ccc(C(F)(F)F)cc2)cc1. The van der Waals surface area contributed by atoms with Crippen molar-refractivity contribution in [3.63, 3.8) is 0 Å². The molecule has 11 aromatic rings. The van der Waals surface area contributed by atoms with E-state index in [4.69, 9.17) is 0 Å². The molecule has 3 heterocycles. The van der Waals surface area contributed by atoms with Crippen LogP contribution in [0.3, 0.4) is 0 Å². The lowest BCUT2D eigenvalue weighted by atomic mass is 9.33. The Balaban J connectivity index is 1.15. The molecule has 10 heteroatoms. The van der Waals surface area contributed by atoms with Gasteiger partial charge in [-0.25, -0.2) is 0 Å². The third-order valence-corrected chi connectivity index (χ3v) is 20.9. The van der Waals surface area contributed by atoms with E-state index in [2.05, 4.69) is 161 Å². The summed E-state index contributed by atoms with van der Waals surface area (Å²) in [6, 6.07) is 84.7. The Morgan fingerprint density at radius 3 is 0.923 bits per heavy atom. The van der Waals surface area contributed by atoms with E-state index >= 15 is 0 Å². The number of anilines is 6. The second-order valence-corrected chi connectivity index (χ2v) is 23.8. The molecule has 0 saturated heterocycles. The summed E-state index contributed by atoms with van der Waals surface area (Å²) < 4.78 is 85.7. The molecule has 2 nitrogen and oxygen atoms in total. The van der Waals surface area contributed by atoms with Crippen LogP contribution in [-0.2, 0) is 12.4 Å². The Morgan fingerprint density at radius 1 is 0.282 bits per heavy atom. The van der Waals surface area contributed by atoms with Gasteiger partial charge in [-0.2, -0.15) is 26.3 Å². The van der Waals surface area contributed by atoms with E-state index in [0.29, 0.717) is 11.1 Å². The van der Waals surface area contributed by atoms with Crippen LogP contribution in [0, 0.1) is 0 Å². The zero-order valence-electron chi connectivity index (χ0n) is 41.6. The molecule has 78 heavy (non-hydrogen) atoms. The minimum absolute atomic E-state index is 0.300. The van der Waals surface area contributed by atoms with E-state index in [1.54, 1.807) is 24.3 Å². The van der Waals surface area contributed by atoms with Crippen molar-refractivity contribution in [2.45, 2.75) is 12.4 Å². The summed E-state index contributed by atoms with van der Waals surface area (Å²) in [5.41, 5.74) is 13.6. The van der Waals surface area contributed by atoms with Crippen molar-refractivity contribution in [3.8, 4) is 44.5 Å². The topological polar surface area (TPSA) is 6.48 Å². The average Bonchev–Trinajstić information content (AvgIpc) is 2.14. The highest BCUT2D eigenvalue weighted by atomic mass is 28.3. The van der Waals surface area contributed by atoms with Crippen LogP contribution < -0.4 is 46.9 Å². The van der Waals surface area contributed by atoms with Gasteiger partial charge in [0.15, 0.2) is 8.07 Å². The van der Waals surface area contributed by atoms with Gasteiger partial charge >= 0.3 is 12.4 Å². The van der Waals surface area contributed by atoms with Crippen molar-refractivity contribution in [1.29, 1.82) is 0 Å². The molecule has 0 N–H and O–H groups in total. The van der Waals surface area contributed by atoms with E-state index in [-0.39, 0.29) is 6.71 Å². The lowest BCUT2D eigenvalue weighted by Crippen LogP contribution is -2.88. The average molecular weight is 1040 g/mol. The monoisotopic (exact) mass is 1040 g/mol. The predicted octanol–water partition coefficient (Wildman–Crippen LogP) is 14.2. The van der Waals surface area contributed by atoms with Crippen LogP contribution >= 0.6 is 0 Å². The lowest BCUT2D eigenvalue weighted by molar-refractivity contribution is -0.138. The largest absolute Gasteiger partial charge is 0.416 e. The second kappa shape index (κ2) is 18.0. The van der Waals surface area contributed by atoms with Gasteiger partial charge in [0.2, 0.25) is 0 Å². The minimum Gasteiger partial charge on any atom is -0.310 e. The molecule has 0 amide bonds. The van der Waals surface area contributed by atoms with Crippen molar-refractivity contribution in [1.82, 2.24) is 0 Å². The second-order valence-electron chi connectivity index (χ2n) is 20.1. The number of benzene rings is 11. The summed E-state index contributed by atoms with van der Waals surface area (Å²) in [6.45, 7) is -0.300. The van der Waals surface area contributed by atoms with E-state index in [0.717, 1.165) is 108 Å². The van der Waals surface area contributed by atoms with Crippen molar-refractivity contribution < 1.29 is 26.3 Å². The first-order valence-electron chi connectivity index (χ1n) is 25.8. The number of hydrogen-bond donors (Lipinski definition) is 0. The molecule has 0 spiro atoms. The fourth-order valence-corrected chi connectivity index (χ4v) is 18.2. The maximum Gasteiger partial charge on any atom is 0.416 e. The Hall–Kier alpha value is -9.12. The van der Waals surface area contributed by atoms with E-state index in [1.807, 2.05) is 60.7 Å². The van der Waals surface area contributed by atoms with Crippen LogP contribution in [0.4, 0.5) is 60.5 Å². The van der Waals surface area contributed by atoms with Gasteiger partial charge < -0.3 is 9.80 Å². The van der Waals surface area contributed by atoms with E-state index in [9.17, 15) is 26.3 Å². The summed E-state index contributed by atoms with van der Waals surface area (Å²) in [4.78, 5) is 4.71. The first-order chi connectivity index (χ1) is 38.0. The molecule has 0 saturated carbocycles. The van der Waals surface area contributed by atoms with Gasteiger partial charge in [0.05, 0.1) is 22.5 Å². The van der Waals surface area contributed by atoms with Gasteiger partial charge in [-0.05, 0) is 108 Å². The molecule has 3 aliphatic rings. The molecule has 0 bridgehead atoms. The first kappa shape index (κ1) is 47.3. The molecule has 0 unspecified atom stereocenters. The fourth-order valence-electron chi connectivity index (χ4n) is 12.9. The summed E-state index contributed by atoms with van der Waals surface area (Å²) in [5, 5.41) is 4.86. The first-order valence-corrected chi connectivity index (χ1v) is 27.8. The standard InChI is InChI=1S/C68H43BF6N2Si/c70-67(71,72)48-40-36-46(37-41-48)54-28-13-26-52(44-18-5-1-6-19-44)65(54)76-56-30-15-31-57-62(56)69-63-58(76)32-16-34-60(63)78(50-22-9-3-10-23-50,51-24-11-4-12-25-51)61-35-17-33-59(64(61)69)77(57)66-53(45-20-7-2-8-21-45)27-14-29-55(66)47-38-42-49(43-39-47)68(73,74)75/h1-43H. The highest BCUT2D eigenvalue weighted by Gasteiger charge is 2.56. The zero-order chi connectivity index (χ0) is 52.9. The van der Waals surface area contributed by atoms with Crippen LogP contribution in [-0.4, -0.2) is 14.8 Å². The molecule has 374 valence electrons. The van der Waals surface area contributed by atoms with Crippen LogP contribution in [0.1, 0.15) is 11.1 Å². The smallest absolute Gasteiger partial charge is 0.310 e.